The van der Waals surface area contributed by atoms with Crippen molar-refractivity contribution in [2.75, 3.05) is 42.9 Å². The van der Waals surface area contributed by atoms with Crippen molar-refractivity contribution >= 4 is 23.4 Å². The van der Waals surface area contributed by atoms with Crippen molar-refractivity contribution in [3.05, 3.63) is 65.5 Å². The molecule has 0 unspecified atom stereocenters. The van der Waals surface area contributed by atoms with Crippen LogP contribution in [0.15, 0.2) is 48.5 Å². The van der Waals surface area contributed by atoms with Gasteiger partial charge in [0.25, 0.3) is 0 Å². The SMILES string of the molecule is O=C1CCc2cc(/C=C/CN3CCN(c4ccccc4F)CC3)ccc2N1. The van der Waals surface area contributed by atoms with E-state index < -0.39 is 0 Å². The Morgan fingerprint density at radius 3 is 2.67 bits per heavy atom. The van der Waals surface area contributed by atoms with E-state index in [9.17, 15) is 9.18 Å². The molecule has 0 saturated carbocycles. The van der Waals surface area contributed by atoms with Crippen LogP contribution in [0.5, 0.6) is 0 Å². The van der Waals surface area contributed by atoms with Gasteiger partial charge in [0.2, 0.25) is 5.91 Å². The Bertz CT molecular complexity index is 856. The Balaban J connectivity index is 1.30. The van der Waals surface area contributed by atoms with E-state index in [-0.39, 0.29) is 11.7 Å². The number of rotatable bonds is 4. The monoisotopic (exact) mass is 365 g/mol. The molecule has 1 saturated heterocycles. The van der Waals surface area contributed by atoms with E-state index in [1.165, 1.54) is 11.6 Å². The predicted octanol–water partition coefficient (Wildman–Crippen LogP) is 3.55. The summed E-state index contributed by atoms with van der Waals surface area (Å²) in [5, 5.41) is 2.91. The number of piperazine rings is 1. The van der Waals surface area contributed by atoms with Gasteiger partial charge in [-0.3, -0.25) is 9.69 Å². The van der Waals surface area contributed by atoms with Crippen molar-refractivity contribution in [3.63, 3.8) is 0 Å². The highest BCUT2D eigenvalue weighted by Crippen LogP contribution is 2.24. The topological polar surface area (TPSA) is 35.6 Å². The lowest BCUT2D eigenvalue weighted by Crippen LogP contribution is -2.46. The lowest BCUT2D eigenvalue weighted by Gasteiger charge is -2.35. The fraction of sp³-hybridized carbons (Fsp3) is 0.318. The van der Waals surface area contributed by atoms with Crippen molar-refractivity contribution in [1.82, 2.24) is 4.90 Å². The summed E-state index contributed by atoms with van der Waals surface area (Å²) in [5.74, 6) is -0.0465. The maximum absolute atomic E-state index is 13.9. The number of amides is 1. The summed E-state index contributed by atoms with van der Waals surface area (Å²) < 4.78 is 13.9. The van der Waals surface area contributed by atoms with E-state index in [0.29, 0.717) is 12.1 Å². The number of para-hydroxylation sites is 1. The molecule has 0 aromatic heterocycles. The Morgan fingerprint density at radius 2 is 1.85 bits per heavy atom. The van der Waals surface area contributed by atoms with Crippen LogP contribution in [0, 0.1) is 5.82 Å². The van der Waals surface area contributed by atoms with Gasteiger partial charge in [0.05, 0.1) is 5.69 Å². The van der Waals surface area contributed by atoms with Gasteiger partial charge in [-0.1, -0.05) is 30.4 Å². The molecule has 0 spiro atoms. The second-order valence-corrected chi connectivity index (χ2v) is 7.11. The van der Waals surface area contributed by atoms with Gasteiger partial charge < -0.3 is 10.2 Å². The first-order chi connectivity index (χ1) is 13.2. The van der Waals surface area contributed by atoms with Gasteiger partial charge in [-0.25, -0.2) is 4.39 Å². The summed E-state index contributed by atoms with van der Waals surface area (Å²) in [5.41, 5.74) is 4.01. The number of aryl methyl sites for hydroxylation is 1. The molecule has 0 bridgehead atoms. The molecule has 4 rings (SSSR count). The third kappa shape index (κ3) is 4.19. The third-order valence-corrected chi connectivity index (χ3v) is 5.26. The fourth-order valence-corrected chi connectivity index (χ4v) is 3.72. The first-order valence-electron chi connectivity index (χ1n) is 9.50. The van der Waals surface area contributed by atoms with Crippen LogP contribution in [0.1, 0.15) is 17.5 Å². The summed E-state index contributed by atoms with van der Waals surface area (Å²) in [6, 6.07) is 13.2. The van der Waals surface area contributed by atoms with Gasteiger partial charge in [0.1, 0.15) is 5.82 Å². The summed E-state index contributed by atoms with van der Waals surface area (Å²) in [6.45, 7) is 4.42. The maximum Gasteiger partial charge on any atom is 0.224 e. The van der Waals surface area contributed by atoms with Gasteiger partial charge in [0, 0.05) is 44.8 Å². The van der Waals surface area contributed by atoms with E-state index in [1.807, 2.05) is 24.3 Å². The molecule has 2 heterocycles. The lowest BCUT2D eigenvalue weighted by molar-refractivity contribution is -0.116. The van der Waals surface area contributed by atoms with E-state index in [0.717, 1.165) is 50.4 Å². The first-order valence-corrected chi connectivity index (χ1v) is 9.50. The molecule has 0 atom stereocenters. The Morgan fingerprint density at radius 1 is 1.04 bits per heavy atom. The molecule has 2 aliphatic heterocycles. The smallest absolute Gasteiger partial charge is 0.224 e. The van der Waals surface area contributed by atoms with Crippen LogP contribution < -0.4 is 10.2 Å². The van der Waals surface area contributed by atoms with Gasteiger partial charge in [-0.15, -0.1) is 0 Å². The van der Waals surface area contributed by atoms with Crippen LogP contribution in [0.3, 0.4) is 0 Å². The van der Waals surface area contributed by atoms with Crippen LogP contribution in [0.2, 0.25) is 0 Å². The zero-order chi connectivity index (χ0) is 18.6. The van der Waals surface area contributed by atoms with Crippen molar-refractivity contribution in [3.8, 4) is 0 Å². The van der Waals surface area contributed by atoms with Gasteiger partial charge in [0.15, 0.2) is 0 Å². The quantitative estimate of drug-likeness (QED) is 0.900. The summed E-state index contributed by atoms with van der Waals surface area (Å²) in [4.78, 5) is 15.9. The first kappa shape index (κ1) is 17.7. The summed E-state index contributed by atoms with van der Waals surface area (Å²) in [6.07, 6.45) is 5.69. The fourth-order valence-electron chi connectivity index (χ4n) is 3.72. The lowest BCUT2D eigenvalue weighted by atomic mass is 10.0. The molecule has 1 fully saturated rings. The van der Waals surface area contributed by atoms with E-state index in [1.54, 1.807) is 6.07 Å². The molecule has 5 heteroatoms. The van der Waals surface area contributed by atoms with Crippen molar-refractivity contribution in [1.29, 1.82) is 0 Å². The largest absolute Gasteiger partial charge is 0.367 e. The molecule has 2 aliphatic rings. The second kappa shape index (κ2) is 7.92. The van der Waals surface area contributed by atoms with Gasteiger partial charge in [-0.05, 0) is 41.8 Å². The zero-order valence-electron chi connectivity index (χ0n) is 15.3. The minimum atomic E-state index is -0.144. The van der Waals surface area contributed by atoms with E-state index in [4.69, 9.17) is 0 Å². The molecule has 0 radical (unpaired) electrons. The summed E-state index contributed by atoms with van der Waals surface area (Å²) >= 11 is 0. The average Bonchev–Trinajstić information content (AvgIpc) is 2.69. The average molecular weight is 365 g/mol. The van der Waals surface area contributed by atoms with Crippen molar-refractivity contribution in [2.45, 2.75) is 12.8 Å². The normalized spacial score (nSPS) is 17.8. The van der Waals surface area contributed by atoms with Crippen molar-refractivity contribution in [2.24, 2.45) is 0 Å². The number of hydrogen-bond donors (Lipinski definition) is 1. The van der Waals surface area contributed by atoms with Crippen LogP contribution in [-0.4, -0.2) is 43.5 Å². The molecule has 2 aromatic carbocycles. The molecule has 1 amide bonds. The predicted molar refractivity (Wildman–Crippen MR) is 107 cm³/mol. The van der Waals surface area contributed by atoms with E-state index in [2.05, 4.69) is 33.3 Å². The summed E-state index contributed by atoms with van der Waals surface area (Å²) in [7, 11) is 0. The number of anilines is 2. The number of carbonyl (C=O) groups is 1. The highest BCUT2D eigenvalue weighted by atomic mass is 19.1. The Hall–Kier alpha value is -2.66. The maximum atomic E-state index is 13.9. The van der Waals surface area contributed by atoms with Crippen LogP contribution in [0.25, 0.3) is 6.08 Å². The number of nitrogens with zero attached hydrogens (tertiary/aromatic N) is 2. The molecule has 140 valence electrons. The highest BCUT2D eigenvalue weighted by Gasteiger charge is 2.18. The number of hydrogen-bond acceptors (Lipinski definition) is 3. The molecule has 0 aliphatic carbocycles. The minimum Gasteiger partial charge on any atom is -0.367 e. The Labute approximate surface area is 159 Å². The molecule has 2 aromatic rings. The third-order valence-electron chi connectivity index (χ3n) is 5.26. The minimum absolute atomic E-state index is 0.0975. The number of nitrogens with one attached hydrogen (secondary N) is 1. The molecule has 4 nitrogen and oxygen atoms in total. The highest BCUT2D eigenvalue weighted by molar-refractivity contribution is 5.94. The van der Waals surface area contributed by atoms with Crippen LogP contribution in [-0.2, 0) is 11.2 Å². The number of halogens is 1. The second-order valence-electron chi connectivity index (χ2n) is 7.11. The van der Waals surface area contributed by atoms with Crippen LogP contribution >= 0.6 is 0 Å². The molecule has 27 heavy (non-hydrogen) atoms. The van der Waals surface area contributed by atoms with E-state index >= 15 is 0 Å². The van der Waals surface area contributed by atoms with Crippen molar-refractivity contribution < 1.29 is 9.18 Å². The number of fused-ring (bicyclic) bond motifs is 1. The van der Waals surface area contributed by atoms with Crippen LogP contribution in [0.4, 0.5) is 15.8 Å². The standard InChI is InChI=1S/C22H24FN3O/c23-19-5-1-2-6-21(19)26-14-12-25(13-15-26)11-3-4-17-7-9-20-18(16-17)8-10-22(27)24-20/h1-7,9,16H,8,10-15H2,(H,24,27)/b4-3+. The molecular weight excluding hydrogens is 341 g/mol. The van der Waals surface area contributed by atoms with Gasteiger partial charge >= 0.3 is 0 Å². The van der Waals surface area contributed by atoms with Gasteiger partial charge in [-0.2, -0.15) is 0 Å². The Kier molecular flexibility index (Phi) is 5.21. The zero-order valence-corrected chi connectivity index (χ0v) is 15.3. The number of carbonyl (C=O) groups excluding carboxylic acids is 1. The number of benzene rings is 2. The molecular formula is C22H24FN3O. The molecule has 1 N–H and O–H groups in total.